The van der Waals surface area contributed by atoms with Gasteiger partial charge in [-0.3, -0.25) is 0 Å². The van der Waals surface area contributed by atoms with Crippen LogP contribution in [0.25, 0.3) is 32.5 Å². The van der Waals surface area contributed by atoms with E-state index in [1.54, 1.807) is 12.1 Å². The molecule has 0 fully saturated rings. The third-order valence-corrected chi connectivity index (χ3v) is 4.16. The maximum Gasteiger partial charge on any atom is 0.348 e. The minimum atomic E-state index is -0.529. The molecule has 0 aliphatic carbocycles. The van der Waals surface area contributed by atoms with Crippen molar-refractivity contribution in [2.75, 3.05) is 0 Å². The van der Waals surface area contributed by atoms with Crippen LogP contribution in [-0.4, -0.2) is 5.11 Å². The molecule has 0 saturated heterocycles. The van der Waals surface area contributed by atoms with Crippen LogP contribution in [0.4, 0.5) is 0 Å². The molecule has 1 N–H and O–H groups in total. The van der Waals surface area contributed by atoms with Crippen LogP contribution in [0.2, 0.25) is 0 Å². The Kier molecular flexibility index (Phi) is 2.56. The van der Waals surface area contributed by atoms with Gasteiger partial charge in [-0.25, -0.2) is 4.79 Å². The van der Waals surface area contributed by atoms with Crippen LogP contribution in [0.5, 0.6) is 5.75 Å². The second-order valence-electron chi connectivity index (χ2n) is 4.90. The highest BCUT2D eigenvalue weighted by molar-refractivity contribution is 9.10. The van der Waals surface area contributed by atoms with Gasteiger partial charge in [0.25, 0.3) is 0 Å². The number of fused-ring (bicyclic) bond motifs is 4. The van der Waals surface area contributed by atoms with E-state index in [4.69, 9.17) is 4.42 Å². The molecule has 0 atom stereocenters. The standard InChI is InChI=1S/C17H9BrO3/c18-10-5-6-12-13-7-9-3-1-2-4-11(9)16(19)15(13)17(20)21-14(12)8-10/h1-8,19H. The Bertz CT molecular complexity index is 1080. The molecule has 0 spiro atoms. The van der Waals surface area contributed by atoms with Gasteiger partial charge < -0.3 is 9.52 Å². The normalized spacial score (nSPS) is 11.5. The summed E-state index contributed by atoms with van der Waals surface area (Å²) < 4.78 is 6.18. The maximum absolute atomic E-state index is 12.2. The second-order valence-corrected chi connectivity index (χ2v) is 5.81. The average Bonchev–Trinajstić information content (AvgIpc) is 2.47. The van der Waals surface area contributed by atoms with E-state index in [0.717, 1.165) is 15.2 Å². The molecule has 3 nitrogen and oxygen atoms in total. The summed E-state index contributed by atoms with van der Waals surface area (Å²) in [7, 11) is 0. The topological polar surface area (TPSA) is 50.4 Å². The van der Waals surface area contributed by atoms with E-state index >= 15 is 0 Å². The molecule has 0 aliphatic rings. The lowest BCUT2D eigenvalue weighted by atomic mass is 10.0. The van der Waals surface area contributed by atoms with Crippen molar-refractivity contribution in [2.24, 2.45) is 0 Å². The van der Waals surface area contributed by atoms with Gasteiger partial charge in [-0.05, 0) is 29.7 Å². The summed E-state index contributed by atoms with van der Waals surface area (Å²) in [5, 5.41) is 13.7. The monoisotopic (exact) mass is 340 g/mol. The Labute approximate surface area is 127 Å². The van der Waals surface area contributed by atoms with Crippen LogP contribution in [0.15, 0.2) is 62.2 Å². The van der Waals surface area contributed by atoms with Gasteiger partial charge >= 0.3 is 5.63 Å². The Morgan fingerprint density at radius 1 is 0.952 bits per heavy atom. The summed E-state index contributed by atoms with van der Waals surface area (Å²) in [5.74, 6) is -0.0262. The molecule has 21 heavy (non-hydrogen) atoms. The van der Waals surface area contributed by atoms with E-state index in [9.17, 15) is 9.90 Å². The molecule has 0 amide bonds. The van der Waals surface area contributed by atoms with Crippen LogP contribution in [-0.2, 0) is 0 Å². The van der Waals surface area contributed by atoms with E-state index in [1.807, 2.05) is 36.4 Å². The molecule has 3 aromatic carbocycles. The molecule has 1 aromatic heterocycles. The lowest BCUT2D eigenvalue weighted by molar-refractivity contribution is 0.483. The smallest absolute Gasteiger partial charge is 0.348 e. The molecule has 0 radical (unpaired) electrons. The third kappa shape index (κ3) is 1.76. The minimum Gasteiger partial charge on any atom is -0.506 e. The number of phenolic OH excluding ortho intramolecular Hbond substituents is 1. The zero-order valence-corrected chi connectivity index (χ0v) is 12.3. The summed E-state index contributed by atoms with van der Waals surface area (Å²) in [5.41, 5.74) is -0.0320. The van der Waals surface area contributed by atoms with Gasteiger partial charge in [0.2, 0.25) is 0 Å². The highest BCUT2D eigenvalue weighted by Crippen LogP contribution is 2.35. The second kappa shape index (κ2) is 4.33. The van der Waals surface area contributed by atoms with Gasteiger partial charge in [0.1, 0.15) is 16.7 Å². The lowest BCUT2D eigenvalue weighted by Gasteiger charge is -2.07. The van der Waals surface area contributed by atoms with Crippen molar-refractivity contribution in [3.63, 3.8) is 0 Å². The van der Waals surface area contributed by atoms with Gasteiger partial charge in [-0.15, -0.1) is 0 Å². The predicted octanol–water partition coefficient (Wildman–Crippen LogP) is 4.57. The van der Waals surface area contributed by atoms with E-state index < -0.39 is 5.63 Å². The fourth-order valence-corrected chi connectivity index (χ4v) is 3.04. The van der Waals surface area contributed by atoms with Crippen molar-refractivity contribution < 1.29 is 9.52 Å². The first-order chi connectivity index (χ1) is 10.1. The molecule has 0 bridgehead atoms. The Hall–Kier alpha value is -2.33. The molecular weight excluding hydrogens is 332 g/mol. The molecule has 4 aromatic rings. The Morgan fingerprint density at radius 2 is 1.76 bits per heavy atom. The quantitative estimate of drug-likeness (QED) is 0.290. The van der Waals surface area contributed by atoms with E-state index in [2.05, 4.69) is 15.9 Å². The van der Waals surface area contributed by atoms with Gasteiger partial charge in [0.15, 0.2) is 0 Å². The number of hydrogen-bond acceptors (Lipinski definition) is 3. The van der Waals surface area contributed by atoms with Crippen molar-refractivity contribution in [3.8, 4) is 5.75 Å². The fourth-order valence-electron chi connectivity index (χ4n) is 2.70. The summed E-state index contributed by atoms with van der Waals surface area (Å²) in [4.78, 5) is 12.2. The van der Waals surface area contributed by atoms with Crippen molar-refractivity contribution >= 4 is 48.4 Å². The highest BCUT2D eigenvalue weighted by Gasteiger charge is 2.14. The van der Waals surface area contributed by atoms with Gasteiger partial charge in [0, 0.05) is 20.6 Å². The Balaban J connectivity index is 2.35. The van der Waals surface area contributed by atoms with Crippen molar-refractivity contribution in [3.05, 3.63) is 63.4 Å². The molecule has 102 valence electrons. The minimum absolute atomic E-state index is 0.0262. The molecule has 0 saturated carbocycles. The Morgan fingerprint density at radius 3 is 2.62 bits per heavy atom. The predicted molar refractivity (Wildman–Crippen MR) is 86.9 cm³/mol. The summed E-state index contributed by atoms with van der Waals surface area (Å²) in [6.45, 7) is 0. The molecule has 0 unspecified atom stereocenters. The first-order valence-corrected chi connectivity index (χ1v) is 7.21. The largest absolute Gasteiger partial charge is 0.506 e. The zero-order valence-electron chi connectivity index (χ0n) is 10.8. The first kappa shape index (κ1) is 12.4. The fraction of sp³-hybridized carbons (Fsp3) is 0. The number of halogens is 1. The molecule has 1 heterocycles. The van der Waals surface area contributed by atoms with Crippen LogP contribution < -0.4 is 5.63 Å². The number of benzene rings is 3. The van der Waals surface area contributed by atoms with Crippen LogP contribution >= 0.6 is 15.9 Å². The first-order valence-electron chi connectivity index (χ1n) is 6.42. The SMILES string of the molecule is O=c1oc2cc(Br)ccc2c2cc3ccccc3c(O)c12. The third-order valence-electron chi connectivity index (χ3n) is 3.66. The number of aromatic hydroxyl groups is 1. The number of phenols is 1. The maximum atomic E-state index is 12.2. The highest BCUT2D eigenvalue weighted by atomic mass is 79.9. The van der Waals surface area contributed by atoms with Crippen LogP contribution in [0.1, 0.15) is 0 Å². The van der Waals surface area contributed by atoms with Crippen LogP contribution in [0, 0.1) is 0 Å². The number of hydrogen-bond donors (Lipinski definition) is 1. The van der Waals surface area contributed by atoms with E-state index in [-0.39, 0.29) is 11.1 Å². The molecule has 0 aliphatic heterocycles. The van der Waals surface area contributed by atoms with E-state index in [1.165, 1.54) is 0 Å². The summed E-state index contributed by atoms with van der Waals surface area (Å²) in [6, 6.07) is 14.8. The summed E-state index contributed by atoms with van der Waals surface area (Å²) >= 11 is 3.36. The zero-order chi connectivity index (χ0) is 14.6. The molecule has 4 heteroatoms. The van der Waals surface area contributed by atoms with Gasteiger partial charge in [-0.2, -0.15) is 0 Å². The number of rotatable bonds is 0. The van der Waals surface area contributed by atoms with E-state index in [0.29, 0.717) is 16.4 Å². The molecule has 4 rings (SSSR count). The van der Waals surface area contributed by atoms with Gasteiger partial charge in [0.05, 0.1) is 0 Å². The van der Waals surface area contributed by atoms with Crippen molar-refractivity contribution in [2.45, 2.75) is 0 Å². The van der Waals surface area contributed by atoms with Gasteiger partial charge in [-0.1, -0.05) is 40.2 Å². The lowest BCUT2D eigenvalue weighted by Crippen LogP contribution is -2.00. The van der Waals surface area contributed by atoms with Crippen molar-refractivity contribution in [1.82, 2.24) is 0 Å². The average molecular weight is 341 g/mol. The van der Waals surface area contributed by atoms with Crippen LogP contribution in [0.3, 0.4) is 0 Å². The molecular formula is C17H9BrO3. The van der Waals surface area contributed by atoms with Crippen molar-refractivity contribution in [1.29, 1.82) is 0 Å². The summed E-state index contributed by atoms with van der Waals surface area (Å²) in [6.07, 6.45) is 0.